The number of benzene rings is 1. The van der Waals surface area contributed by atoms with Crippen molar-refractivity contribution in [3.63, 3.8) is 0 Å². The van der Waals surface area contributed by atoms with Gasteiger partial charge in [0.15, 0.2) is 17.3 Å². The number of nitrogen functional groups attached to an aromatic ring is 1. The molecule has 1 aromatic carbocycles. The molecule has 0 aliphatic heterocycles. The number of carboxylic acid groups (broad SMARTS) is 1. The van der Waals surface area contributed by atoms with Crippen LogP contribution in [-0.2, 0) is 6.18 Å². The summed E-state index contributed by atoms with van der Waals surface area (Å²) >= 11 is 5.62. The maximum atomic E-state index is 13.9. The Morgan fingerprint density at radius 1 is 1.22 bits per heavy atom. The van der Waals surface area contributed by atoms with E-state index in [2.05, 4.69) is 4.98 Å². The van der Waals surface area contributed by atoms with E-state index in [9.17, 15) is 26.7 Å². The zero-order valence-corrected chi connectivity index (χ0v) is 11.6. The number of rotatable bonds is 2. The minimum absolute atomic E-state index is 0.297. The van der Waals surface area contributed by atoms with Crippen LogP contribution in [0.3, 0.4) is 0 Å². The molecule has 23 heavy (non-hydrogen) atoms. The van der Waals surface area contributed by atoms with Crippen molar-refractivity contribution in [2.45, 2.75) is 6.18 Å². The summed E-state index contributed by atoms with van der Waals surface area (Å²) in [6.07, 6.45) is -5.08. The molecule has 0 radical (unpaired) electrons. The van der Waals surface area contributed by atoms with E-state index in [0.717, 1.165) is 6.07 Å². The molecular weight excluding hydrogens is 347 g/mol. The molecule has 2 aromatic rings. The highest BCUT2D eigenvalue weighted by Crippen LogP contribution is 2.36. The quantitative estimate of drug-likeness (QED) is 0.802. The van der Waals surface area contributed by atoms with Crippen LogP contribution < -0.4 is 5.73 Å². The predicted octanol–water partition coefficient (Wildman–Crippen LogP) is 3.98. The number of pyridine rings is 1. The van der Waals surface area contributed by atoms with Gasteiger partial charge < -0.3 is 10.8 Å². The highest BCUT2D eigenvalue weighted by atomic mass is 35.5. The average Bonchev–Trinajstić information content (AvgIpc) is 2.43. The van der Waals surface area contributed by atoms with Crippen LogP contribution in [0, 0.1) is 11.6 Å². The Hall–Kier alpha value is -2.42. The zero-order valence-electron chi connectivity index (χ0n) is 10.9. The molecular formula is C13H6ClF5N2O2. The van der Waals surface area contributed by atoms with Gasteiger partial charge in [-0.2, -0.15) is 13.2 Å². The van der Waals surface area contributed by atoms with Crippen molar-refractivity contribution in [1.82, 2.24) is 4.98 Å². The first-order valence-electron chi connectivity index (χ1n) is 5.79. The van der Waals surface area contributed by atoms with Crippen LogP contribution >= 0.6 is 11.6 Å². The Balaban J connectivity index is 2.69. The van der Waals surface area contributed by atoms with Gasteiger partial charge in [-0.25, -0.2) is 18.6 Å². The van der Waals surface area contributed by atoms with Gasteiger partial charge in [-0.3, -0.25) is 0 Å². The van der Waals surface area contributed by atoms with E-state index in [1.54, 1.807) is 0 Å². The van der Waals surface area contributed by atoms with E-state index in [1.165, 1.54) is 0 Å². The first-order chi connectivity index (χ1) is 10.5. The Kier molecular flexibility index (Phi) is 4.16. The molecule has 0 atom stereocenters. The maximum Gasteiger partial charge on any atom is 0.419 e. The number of anilines is 1. The van der Waals surface area contributed by atoms with Crippen LogP contribution in [0.5, 0.6) is 0 Å². The Morgan fingerprint density at radius 3 is 2.35 bits per heavy atom. The highest BCUT2D eigenvalue weighted by Gasteiger charge is 2.36. The molecule has 4 nitrogen and oxygen atoms in total. The van der Waals surface area contributed by atoms with Crippen molar-refractivity contribution in [2.75, 3.05) is 5.73 Å². The van der Waals surface area contributed by atoms with Gasteiger partial charge in [0.05, 0.1) is 22.0 Å². The van der Waals surface area contributed by atoms with Crippen LogP contribution in [0.1, 0.15) is 16.1 Å². The number of carboxylic acids is 1. The van der Waals surface area contributed by atoms with E-state index < -0.39 is 51.3 Å². The Morgan fingerprint density at radius 2 is 1.83 bits per heavy atom. The number of alkyl halides is 3. The summed E-state index contributed by atoms with van der Waals surface area (Å²) in [7, 11) is 0. The Bertz CT molecular complexity index is 808. The number of nitrogens with two attached hydrogens (primary N) is 1. The van der Waals surface area contributed by atoms with Gasteiger partial charge >= 0.3 is 12.1 Å². The normalized spacial score (nSPS) is 11.6. The molecule has 0 saturated carbocycles. The third-order valence-electron chi connectivity index (χ3n) is 2.85. The van der Waals surface area contributed by atoms with E-state index >= 15 is 0 Å². The Labute approximate surface area is 130 Å². The number of halogens is 6. The lowest BCUT2D eigenvalue weighted by molar-refractivity contribution is -0.140. The zero-order chi connectivity index (χ0) is 17.5. The summed E-state index contributed by atoms with van der Waals surface area (Å²) in [5.74, 6) is -5.54. The topological polar surface area (TPSA) is 76.2 Å². The first-order valence-corrected chi connectivity index (χ1v) is 6.16. The van der Waals surface area contributed by atoms with Gasteiger partial charge in [-0.15, -0.1) is 0 Å². The molecule has 0 unspecified atom stereocenters. The second-order valence-corrected chi connectivity index (χ2v) is 4.73. The number of nitrogens with zero attached hydrogens (tertiary/aromatic N) is 1. The summed E-state index contributed by atoms with van der Waals surface area (Å²) in [6.45, 7) is 0. The van der Waals surface area contributed by atoms with Crippen LogP contribution in [0.25, 0.3) is 11.3 Å². The third kappa shape index (κ3) is 3.04. The van der Waals surface area contributed by atoms with E-state index in [0.29, 0.717) is 12.1 Å². The van der Waals surface area contributed by atoms with E-state index in [1.807, 2.05) is 0 Å². The van der Waals surface area contributed by atoms with E-state index in [4.69, 9.17) is 22.4 Å². The number of hydrogen-bond acceptors (Lipinski definition) is 3. The van der Waals surface area contributed by atoms with Crippen molar-refractivity contribution in [2.24, 2.45) is 0 Å². The van der Waals surface area contributed by atoms with Crippen molar-refractivity contribution in [3.05, 3.63) is 46.1 Å². The molecule has 0 aliphatic rings. The number of aromatic carboxylic acids is 1. The van der Waals surface area contributed by atoms with Gasteiger partial charge in [0.1, 0.15) is 0 Å². The first kappa shape index (κ1) is 16.9. The lowest BCUT2D eigenvalue weighted by Crippen LogP contribution is -2.11. The smallest absolute Gasteiger partial charge is 0.419 e. The van der Waals surface area contributed by atoms with Gasteiger partial charge in [-0.05, 0) is 18.2 Å². The minimum Gasteiger partial charge on any atom is -0.476 e. The largest absolute Gasteiger partial charge is 0.476 e. The van der Waals surface area contributed by atoms with Crippen molar-refractivity contribution < 1.29 is 31.9 Å². The average molecular weight is 353 g/mol. The standard InChI is InChI=1S/C13H6ClF5N2O2/c14-8-6(20)3-7(21-11(8)12(22)23)4-1-2-5(13(17,18)19)10(16)9(4)15/h1-3H,(H2,20,21)(H,22,23). The summed E-state index contributed by atoms with van der Waals surface area (Å²) in [4.78, 5) is 14.5. The second-order valence-electron chi connectivity index (χ2n) is 4.35. The predicted molar refractivity (Wildman–Crippen MR) is 71.0 cm³/mol. The number of hydrogen-bond donors (Lipinski definition) is 2. The van der Waals surface area contributed by atoms with Crippen LogP contribution in [0.2, 0.25) is 5.02 Å². The monoisotopic (exact) mass is 352 g/mol. The molecule has 0 aliphatic carbocycles. The molecule has 10 heteroatoms. The highest BCUT2D eigenvalue weighted by molar-refractivity contribution is 6.35. The number of carbonyl (C=O) groups is 1. The van der Waals surface area contributed by atoms with Crippen LogP contribution in [0.15, 0.2) is 18.2 Å². The van der Waals surface area contributed by atoms with Gasteiger partial charge in [-0.1, -0.05) is 11.6 Å². The molecule has 0 spiro atoms. The fourth-order valence-electron chi connectivity index (χ4n) is 1.80. The second kappa shape index (κ2) is 5.65. The molecule has 1 heterocycles. The molecule has 0 fully saturated rings. The van der Waals surface area contributed by atoms with Gasteiger partial charge in [0.25, 0.3) is 0 Å². The van der Waals surface area contributed by atoms with Crippen LogP contribution in [-0.4, -0.2) is 16.1 Å². The lowest BCUT2D eigenvalue weighted by atomic mass is 10.1. The summed E-state index contributed by atoms with van der Waals surface area (Å²) in [5, 5.41) is 8.49. The minimum atomic E-state index is -5.08. The van der Waals surface area contributed by atoms with Crippen molar-refractivity contribution in [1.29, 1.82) is 0 Å². The molecule has 1 aromatic heterocycles. The molecule has 0 amide bonds. The van der Waals surface area contributed by atoms with Crippen molar-refractivity contribution >= 4 is 23.3 Å². The SMILES string of the molecule is Nc1cc(-c2ccc(C(F)(F)F)c(F)c2F)nc(C(=O)O)c1Cl. The summed E-state index contributed by atoms with van der Waals surface area (Å²) < 4.78 is 65.0. The lowest BCUT2D eigenvalue weighted by Gasteiger charge is -2.12. The van der Waals surface area contributed by atoms with E-state index in [-0.39, 0.29) is 5.69 Å². The molecule has 3 N–H and O–H groups in total. The number of aromatic nitrogens is 1. The molecule has 0 bridgehead atoms. The van der Waals surface area contributed by atoms with Crippen LogP contribution in [0.4, 0.5) is 27.6 Å². The molecule has 122 valence electrons. The summed E-state index contributed by atoms with van der Waals surface area (Å²) in [5.41, 5.74) is 1.48. The third-order valence-corrected chi connectivity index (χ3v) is 3.25. The van der Waals surface area contributed by atoms with Gasteiger partial charge in [0.2, 0.25) is 0 Å². The van der Waals surface area contributed by atoms with Crippen molar-refractivity contribution in [3.8, 4) is 11.3 Å². The summed E-state index contributed by atoms with van der Waals surface area (Å²) in [6, 6.07) is 1.88. The molecule has 2 rings (SSSR count). The van der Waals surface area contributed by atoms with Gasteiger partial charge in [0, 0.05) is 5.56 Å². The molecule has 0 saturated heterocycles. The maximum absolute atomic E-state index is 13.9. The fraction of sp³-hybridized carbons (Fsp3) is 0.0769. The fourth-order valence-corrected chi connectivity index (χ4v) is 1.97.